The van der Waals surface area contributed by atoms with E-state index < -0.39 is 18.0 Å². The van der Waals surface area contributed by atoms with Crippen molar-refractivity contribution < 1.29 is 23.1 Å². The quantitative estimate of drug-likeness (QED) is 0.922. The van der Waals surface area contributed by atoms with E-state index in [0.29, 0.717) is 17.7 Å². The zero-order valence-electron chi connectivity index (χ0n) is 10.7. The van der Waals surface area contributed by atoms with Crippen molar-refractivity contribution in [2.45, 2.75) is 18.6 Å². The molecule has 1 aliphatic heterocycles. The third kappa shape index (κ3) is 2.48. The molecule has 8 heteroatoms. The van der Waals surface area contributed by atoms with Crippen LogP contribution >= 0.6 is 11.8 Å². The monoisotopic (exact) mass is 316 g/mol. The Morgan fingerprint density at radius 1 is 1.43 bits per heavy atom. The van der Waals surface area contributed by atoms with Gasteiger partial charge in [-0.3, -0.25) is 0 Å². The molecular weight excluding hydrogens is 305 g/mol. The van der Waals surface area contributed by atoms with Gasteiger partial charge in [-0.15, -0.1) is 0 Å². The van der Waals surface area contributed by atoms with Crippen LogP contribution in [0.5, 0.6) is 0 Å². The highest BCUT2D eigenvalue weighted by atomic mass is 32.2. The molecule has 1 fully saturated rings. The second-order valence-corrected chi connectivity index (χ2v) is 5.98. The van der Waals surface area contributed by atoms with E-state index in [0.717, 1.165) is 5.75 Å². The fraction of sp³-hybridized carbons (Fsp3) is 0.385. The minimum Gasteiger partial charge on any atom is -0.478 e. The van der Waals surface area contributed by atoms with Gasteiger partial charge in [0.25, 0.3) is 0 Å². The Morgan fingerprint density at radius 2 is 2.19 bits per heavy atom. The first-order chi connectivity index (χ1) is 9.88. The van der Waals surface area contributed by atoms with Crippen LogP contribution in [0.3, 0.4) is 0 Å². The van der Waals surface area contributed by atoms with E-state index in [2.05, 4.69) is 4.98 Å². The topological polar surface area (TPSA) is 55.1 Å². The van der Waals surface area contributed by atoms with Crippen molar-refractivity contribution in [1.29, 1.82) is 0 Å². The van der Waals surface area contributed by atoms with Crippen molar-refractivity contribution in [1.82, 2.24) is 9.55 Å². The van der Waals surface area contributed by atoms with Crippen molar-refractivity contribution in [3.05, 3.63) is 29.6 Å². The summed E-state index contributed by atoms with van der Waals surface area (Å²) in [5.74, 6) is -0.715. The lowest BCUT2D eigenvalue weighted by atomic mass is 10.2. The molecule has 3 rings (SSSR count). The molecule has 2 aromatic rings. The Bertz CT molecular complexity index is 705. The van der Waals surface area contributed by atoms with E-state index in [-0.39, 0.29) is 17.1 Å². The number of aromatic nitrogens is 2. The first-order valence-electron chi connectivity index (χ1n) is 6.28. The van der Waals surface area contributed by atoms with Crippen molar-refractivity contribution in [2.24, 2.45) is 0 Å². The number of hydrogen-bond acceptors (Lipinski definition) is 3. The summed E-state index contributed by atoms with van der Waals surface area (Å²) in [6.07, 6.45) is -3.91. The first-order valence-corrected chi connectivity index (χ1v) is 7.43. The minimum atomic E-state index is -4.56. The number of aromatic carboxylic acids is 1. The summed E-state index contributed by atoms with van der Waals surface area (Å²) in [5, 5.41) is 8.93. The van der Waals surface area contributed by atoms with Crippen LogP contribution in [-0.4, -0.2) is 32.1 Å². The molecule has 0 amide bonds. The Hall–Kier alpha value is -1.70. The van der Waals surface area contributed by atoms with Crippen LogP contribution in [0.15, 0.2) is 18.2 Å². The number of nitrogens with zero attached hydrogens (tertiary/aromatic N) is 2. The maximum atomic E-state index is 13.2. The van der Waals surface area contributed by atoms with Gasteiger partial charge in [-0.1, -0.05) is 0 Å². The Balaban J connectivity index is 2.23. The van der Waals surface area contributed by atoms with Gasteiger partial charge >= 0.3 is 12.1 Å². The molecule has 0 saturated carbocycles. The fourth-order valence-corrected chi connectivity index (χ4v) is 3.72. The van der Waals surface area contributed by atoms with Crippen LogP contribution in [0.4, 0.5) is 13.2 Å². The lowest BCUT2D eigenvalue weighted by Crippen LogP contribution is -2.19. The second-order valence-electron chi connectivity index (χ2n) is 4.83. The van der Waals surface area contributed by atoms with Crippen LogP contribution < -0.4 is 0 Å². The van der Waals surface area contributed by atoms with E-state index in [1.165, 1.54) is 22.8 Å². The summed E-state index contributed by atoms with van der Waals surface area (Å²) in [7, 11) is 0. The van der Waals surface area contributed by atoms with Crippen LogP contribution in [0.1, 0.15) is 28.6 Å². The summed E-state index contributed by atoms with van der Waals surface area (Å²) < 4.78 is 40.8. The van der Waals surface area contributed by atoms with Gasteiger partial charge in [-0.25, -0.2) is 9.78 Å². The predicted octanol–water partition coefficient (Wildman–Crippen LogP) is 3.43. The highest BCUT2D eigenvalue weighted by Crippen LogP contribution is 2.38. The lowest BCUT2D eigenvalue weighted by molar-refractivity contribution is -0.147. The number of imidazole rings is 1. The van der Waals surface area contributed by atoms with E-state index >= 15 is 0 Å². The average molecular weight is 316 g/mol. The second kappa shape index (κ2) is 4.94. The van der Waals surface area contributed by atoms with Crippen LogP contribution in [0, 0.1) is 0 Å². The van der Waals surface area contributed by atoms with E-state index in [1.807, 2.05) is 0 Å². The van der Waals surface area contributed by atoms with Gasteiger partial charge in [-0.2, -0.15) is 24.9 Å². The highest BCUT2D eigenvalue weighted by Gasteiger charge is 2.39. The van der Waals surface area contributed by atoms with Gasteiger partial charge in [-0.05, 0) is 30.4 Å². The molecular formula is C13H11F3N2O2S. The zero-order chi connectivity index (χ0) is 15.2. The van der Waals surface area contributed by atoms with Crippen LogP contribution in [0.25, 0.3) is 11.0 Å². The SMILES string of the molecule is O=C(O)c1ccc2c(c1)nc(C(F)(F)F)n2C1CCSC1. The van der Waals surface area contributed by atoms with Gasteiger partial charge in [0, 0.05) is 11.8 Å². The van der Waals surface area contributed by atoms with E-state index in [4.69, 9.17) is 5.11 Å². The standard InChI is InChI=1S/C13H11F3N2O2S/c14-13(15,16)12-17-9-5-7(11(19)20)1-2-10(9)18(12)8-3-4-21-6-8/h1-2,5,8H,3-4,6H2,(H,19,20). The predicted molar refractivity (Wildman–Crippen MR) is 72.7 cm³/mol. The number of carbonyl (C=O) groups is 1. The summed E-state index contributed by atoms with van der Waals surface area (Å²) >= 11 is 1.61. The normalized spacial score (nSPS) is 19.3. The van der Waals surface area contributed by atoms with Crippen molar-refractivity contribution in [2.75, 3.05) is 11.5 Å². The number of fused-ring (bicyclic) bond motifs is 1. The molecule has 1 aromatic carbocycles. The fourth-order valence-electron chi connectivity index (χ4n) is 2.53. The molecule has 1 N–H and O–H groups in total. The zero-order valence-corrected chi connectivity index (χ0v) is 11.5. The number of hydrogen-bond donors (Lipinski definition) is 1. The van der Waals surface area contributed by atoms with Gasteiger partial charge < -0.3 is 9.67 Å². The van der Waals surface area contributed by atoms with Crippen molar-refractivity contribution in [3.8, 4) is 0 Å². The van der Waals surface area contributed by atoms with Gasteiger partial charge in [0.05, 0.1) is 16.6 Å². The maximum absolute atomic E-state index is 13.2. The van der Waals surface area contributed by atoms with Crippen molar-refractivity contribution in [3.63, 3.8) is 0 Å². The number of thioether (sulfide) groups is 1. The summed E-state index contributed by atoms with van der Waals surface area (Å²) in [4.78, 5) is 14.6. The molecule has 0 spiro atoms. The average Bonchev–Trinajstić information content (AvgIpc) is 3.03. The molecule has 0 radical (unpaired) electrons. The number of benzene rings is 1. The van der Waals surface area contributed by atoms with Crippen molar-refractivity contribution >= 4 is 28.8 Å². The molecule has 1 aromatic heterocycles. The third-order valence-corrected chi connectivity index (χ3v) is 4.61. The number of halogens is 3. The Kier molecular flexibility index (Phi) is 3.35. The smallest absolute Gasteiger partial charge is 0.449 e. The van der Waals surface area contributed by atoms with Crippen LogP contribution in [0.2, 0.25) is 0 Å². The summed E-state index contributed by atoms with van der Waals surface area (Å²) in [6, 6.07) is 3.65. The summed E-state index contributed by atoms with van der Waals surface area (Å²) in [6.45, 7) is 0. The van der Waals surface area contributed by atoms with Gasteiger partial charge in [0.1, 0.15) is 0 Å². The molecule has 1 atom stereocenters. The summed E-state index contributed by atoms with van der Waals surface area (Å²) in [5.41, 5.74) is 0.334. The minimum absolute atomic E-state index is 0.0679. The maximum Gasteiger partial charge on any atom is 0.449 e. The molecule has 112 valence electrons. The molecule has 1 saturated heterocycles. The Labute approximate surface area is 122 Å². The molecule has 2 heterocycles. The Morgan fingerprint density at radius 3 is 2.76 bits per heavy atom. The number of carboxylic acids is 1. The molecule has 21 heavy (non-hydrogen) atoms. The third-order valence-electron chi connectivity index (χ3n) is 3.46. The largest absolute Gasteiger partial charge is 0.478 e. The number of alkyl halides is 3. The molecule has 1 aliphatic rings. The first kappa shape index (κ1) is 14.2. The van der Waals surface area contributed by atoms with Crippen LogP contribution in [-0.2, 0) is 6.18 Å². The highest BCUT2D eigenvalue weighted by molar-refractivity contribution is 7.99. The molecule has 1 unspecified atom stereocenters. The molecule has 0 aliphatic carbocycles. The molecule has 0 bridgehead atoms. The molecule has 4 nitrogen and oxygen atoms in total. The van der Waals surface area contributed by atoms with Gasteiger partial charge in [0.2, 0.25) is 5.82 Å². The number of carboxylic acid groups (broad SMARTS) is 1. The van der Waals surface area contributed by atoms with E-state index in [1.54, 1.807) is 11.8 Å². The number of rotatable bonds is 2. The van der Waals surface area contributed by atoms with E-state index in [9.17, 15) is 18.0 Å². The van der Waals surface area contributed by atoms with Gasteiger partial charge in [0.15, 0.2) is 0 Å². The lowest BCUT2D eigenvalue weighted by Gasteiger charge is -2.17.